The van der Waals surface area contributed by atoms with Crippen molar-refractivity contribution in [3.63, 3.8) is 0 Å². The van der Waals surface area contributed by atoms with E-state index in [0.717, 1.165) is 25.3 Å². The number of nitrogens with one attached hydrogen (secondary N) is 1. The van der Waals surface area contributed by atoms with Crippen LogP contribution < -0.4 is 5.32 Å². The van der Waals surface area contributed by atoms with Crippen molar-refractivity contribution in [2.75, 3.05) is 13.7 Å². The first-order chi connectivity index (χ1) is 6.76. The SMILES string of the molecule is CCc1nc(CNC(C)COC)cs1. The molecule has 1 aromatic rings. The zero-order chi connectivity index (χ0) is 10.4. The molecule has 0 saturated carbocycles. The Balaban J connectivity index is 2.30. The second-order valence-corrected chi connectivity index (χ2v) is 4.27. The number of hydrogen-bond acceptors (Lipinski definition) is 4. The Morgan fingerprint density at radius 3 is 3.00 bits per heavy atom. The normalized spacial score (nSPS) is 13.1. The third-order valence-corrected chi connectivity index (χ3v) is 2.99. The molecule has 1 rings (SSSR count). The largest absolute Gasteiger partial charge is 0.383 e. The van der Waals surface area contributed by atoms with E-state index in [9.17, 15) is 0 Å². The molecular weight excluding hydrogens is 196 g/mol. The van der Waals surface area contributed by atoms with Crippen molar-refractivity contribution in [1.29, 1.82) is 0 Å². The van der Waals surface area contributed by atoms with Crippen molar-refractivity contribution in [3.05, 3.63) is 16.1 Å². The lowest BCUT2D eigenvalue weighted by Gasteiger charge is -2.10. The molecule has 0 aliphatic carbocycles. The van der Waals surface area contributed by atoms with E-state index in [-0.39, 0.29) is 0 Å². The third kappa shape index (κ3) is 3.74. The van der Waals surface area contributed by atoms with Gasteiger partial charge in [0.25, 0.3) is 0 Å². The highest BCUT2D eigenvalue weighted by molar-refractivity contribution is 7.09. The monoisotopic (exact) mass is 214 g/mol. The van der Waals surface area contributed by atoms with Crippen LogP contribution in [-0.2, 0) is 17.7 Å². The predicted molar refractivity (Wildman–Crippen MR) is 59.7 cm³/mol. The van der Waals surface area contributed by atoms with Crippen LogP contribution in [0.1, 0.15) is 24.5 Å². The van der Waals surface area contributed by atoms with Gasteiger partial charge in [-0.3, -0.25) is 0 Å². The minimum Gasteiger partial charge on any atom is -0.383 e. The fourth-order valence-electron chi connectivity index (χ4n) is 1.18. The molecule has 1 unspecified atom stereocenters. The fourth-order valence-corrected chi connectivity index (χ4v) is 1.92. The van der Waals surface area contributed by atoms with Gasteiger partial charge in [-0.05, 0) is 13.3 Å². The molecule has 1 aromatic heterocycles. The number of aromatic nitrogens is 1. The average Bonchev–Trinajstić information content (AvgIpc) is 2.63. The van der Waals surface area contributed by atoms with Crippen molar-refractivity contribution < 1.29 is 4.74 Å². The molecule has 0 saturated heterocycles. The minimum absolute atomic E-state index is 0.381. The van der Waals surface area contributed by atoms with Gasteiger partial charge in [0.15, 0.2) is 0 Å². The van der Waals surface area contributed by atoms with Crippen LogP contribution in [0.15, 0.2) is 5.38 Å². The lowest BCUT2D eigenvalue weighted by Crippen LogP contribution is -2.29. The molecule has 0 fully saturated rings. The molecular formula is C10H18N2OS. The summed E-state index contributed by atoms with van der Waals surface area (Å²) < 4.78 is 5.04. The maximum absolute atomic E-state index is 5.04. The molecule has 80 valence electrons. The molecule has 0 aromatic carbocycles. The van der Waals surface area contributed by atoms with E-state index in [1.54, 1.807) is 18.4 Å². The van der Waals surface area contributed by atoms with Gasteiger partial charge in [0.1, 0.15) is 0 Å². The topological polar surface area (TPSA) is 34.2 Å². The van der Waals surface area contributed by atoms with E-state index < -0.39 is 0 Å². The van der Waals surface area contributed by atoms with E-state index in [0.29, 0.717) is 6.04 Å². The van der Waals surface area contributed by atoms with Crippen molar-refractivity contribution in [3.8, 4) is 0 Å². The minimum atomic E-state index is 0.381. The van der Waals surface area contributed by atoms with Gasteiger partial charge < -0.3 is 10.1 Å². The first kappa shape index (κ1) is 11.6. The third-order valence-electron chi connectivity index (χ3n) is 1.95. The Labute approximate surface area is 89.5 Å². The van der Waals surface area contributed by atoms with E-state index in [1.807, 2.05) is 0 Å². The van der Waals surface area contributed by atoms with E-state index in [4.69, 9.17) is 4.74 Å². The van der Waals surface area contributed by atoms with Crippen molar-refractivity contribution in [2.24, 2.45) is 0 Å². The van der Waals surface area contributed by atoms with Crippen LogP contribution >= 0.6 is 11.3 Å². The lowest BCUT2D eigenvalue weighted by atomic mass is 10.3. The second-order valence-electron chi connectivity index (χ2n) is 3.32. The number of rotatable bonds is 6. The van der Waals surface area contributed by atoms with Crippen LogP contribution in [0.2, 0.25) is 0 Å². The molecule has 0 amide bonds. The Morgan fingerprint density at radius 1 is 1.64 bits per heavy atom. The zero-order valence-electron chi connectivity index (χ0n) is 9.04. The molecule has 0 bridgehead atoms. The van der Waals surface area contributed by atoms with Crippen LogP contribution in [0.4, 0.5) is 0 Å². The van der Waals surface area contributed by atoms with Gasteiger partial charge in [0.05, 0.1) is 17.3 Å². The van der Waals surface area contributed by atoms with E-state index in [2.05, 4.69) is 29.5 Å². The number of aryl methyl sites for hydroxylation is 1. The number of ether oxygens (including phenoxy) is 1. The first-order valence-electron chi connectivity index (χ1n) is 4.91. The van der Waals surface area contributed by atoms with Gasteiger partial charge in [-0.1, -0.05) is 6.92 Å². The number of nitrogens with zero attached hydrogens (tertiary/aromatic N) is 1. The van der Waals surface area contributed by atoms with Crippen molar-refractivity contribution in [2.45, 2.75) is 32.9 Å². The van der Waals surface area contributed by atoms with Gasteiger partial charge in [-0.25, -0.2) is 4.98 Å². The fraction of sp³-hybridized carbons (Fsp3) is 0.700. The molecule has 4 heteroatoms. The average molecular weight is 214 g/mol. The lowest BCUT2D eigenvalue weighted by molar-refractivity contribution is 0.171. The highest BCUT2D eigenvalue weighted by atomic mass is 32.1. The molecule has 14 heavy (non-hydrogen) atoms. The van der Waals surface area contributed by atoms with E-state index in [1.165, 1.54) is 5.01 Å². The summed E-state index contributed by atoms with van der Waals surface area (Å²) in [6, 6.07) is 0.381. The summed E-state index contributed by atoms with van der Waals surface area (Å²) in [6.07, 6.45) is 1.03. The van der Waals surface area contributed by atoms with Gasteiger partial charge >= 0.3 is 0 Å². The van der Waals surface area contributed by atoms with Gasteiger partial charge in [0, 0.05) is 25.1 Å². The first-order valence-corrected chi connectivity index (χ1v) is 5.79. The van der Waals surface area contributed by atoms with E-state index >= 15 is 0 Å². The standard InChI is InChI=1S/C10H18N2OS/c1-4-10-12-9(7-14-10)5-11-8(2)6-13-3/h7-8,11H,4-6H2,1-3H3. The molecule has 0 radical (unpaired) electrons. The molecule has 1 atom stereocenters. The number of hydrogen-bond donors (Lipinski definition) is 1. The number of methoxy groups -OCH3 is 1. The predicted octanol–water partition coefficient (Wildman–Crippen LogP) is 1.83. The smallest absolute Gasteiger partial charge is 0.0926 e. The summed E-state index contributed by atoms with van der Waals surface area (Å²) in [5.74, 6) is 0. The maximum Gasteiger partial charge on any atom is 0.0926 e. The molecule has 1 N–H and O–H groups in total. The van der Waals surface area contributed by atoms with Crippen molar-refractivity contribution in [1.82, 2.24) is 10.3 Å². The van der Waals surface area contributed by atoms with Crippen LogP contribution in [0.3, 0.4) is 0 Å². The maximum atomic E-state index is 5.04. The molecule has 0 spiro atoms. The quantitative estimate of drug-likeness (QED) is 0.784. The summed E-state index contributed by atoms with van der Waals surface area (Å²) >= 11 is 1.73. The summed E-state index contributed by atoms with van der Waals surface area (Å²) in [6.45, 7) is 5.81. The van der Waals surface area contributed by atoms with Crippen LogP contribution in [0.25, 0.3) is 0 Å². The van der Waals surface area contributed by atoms with Crippen molar-refractivity contribution >= 4 is 11.3 Å². The molecule has 1 heterocycles. The molecule has 0 aliphatic heterocycles. The zero-order valence-corrected chi connectivity index (χ0v) is 9.86. The Bertz CT molecular complexity index is 262. The van der Waals surface area contributed by atoms with Crippen LogP contribution in [0, 0.1) is 0 Å². The number of thiazole rings is 1. The van der Waals surface area contributed by atoms with Gasteiger partial charge in [-0.15, -0.1) is 11.3 Å². The Morgan fingerprint density at radius 2 is 2.43 bits per heavy atom. The van der Waals surface area contributed by atoms with Crippen LogP contribution in [-0.4, -0.2) is 24.7 Å². The molecule has 3 nitrogen and oxygen atoms in total. The Kier molecular flexibility index (Phi) is 5.07. The summed E-state index contributed by atoms with van der Waals surface area (Å²) in [7, 11) is 1.72. The summed E-state index contributed by atoms with van der Waals surface area (Å²) in [5, 5.41) is 6.68. The summed E-state index contributed by atoms with van der Waals surface area (Å²) in [4.78, 5) is 4.48. The van der Waals surface area contributed by atoms with Crippen LogP contribution in [0.5, 0.6) is 0 Å². The second kappa shape index (κ2) is 6.11. The highest BCUT2D eigenvalue weighted by Gasteiger charge is 2.03. The van der Waals surface area contributed by atoms with Gasteiger partial charge in [-0.2, -0.15) is 0 Å². The summed E-state index contributed by atoms with van der Waals surface area (Å²) in [5.41, 5.74) is 1.13. The Hall–Kier alpha value is -0.450. The van der Waals surface area contributed by atoms with Gasteiger partial charge in [0.2, 0.25) is 0 Å². The molecule has 0 aliphatic rings. The highest BCUT2D eigenvalue weighted by Crippen LogP contribution is 2.09.